The number of carbonyl (C=O) groups excluding carboxylic acids is 2. The van der Waals surface area contributed by atoms with Crippen LogP contribution in [-0.2, 0) is 27.3 Å². The van der Waals surface area contributed by atoms with Gasteiger partial charge in [0.25, 0.3) is 5.91 Å². The zero-order valence-corrected chi connectivity index (χ0v) is 14.1. The highest BCUT2D eigenvalue weighted by molar-refractivity contribution is 5.92. The minimum absolute atomic E-state index is 0.0613. The molecule has 2 rings (SSSR count). The predicted octanol–water partition coefficient (Wildman–Crippen LogP) is 1.19. The molecule has 0 aliphatic heterocycles. The van der Waals surface area contributed by atoms with E-state index in [4.69, 9.17) is 10.00 Å². The van der Waals surface area contributed by atoms with Crippen molar-refractivity contribution in [1.29, 1.82) is 5.26 Å². The molecule has 1 amide bonds. The van der Waals surface area contributed by atoms with Crippen molar-refractivity contribution in [2.45, 2.75) is 26.8 Å². The fraction of sp³-hybridized carbons (Fsp3) is 0.294. The van der Waals surface area contributed by atoms with Gasteiger partial charge in [0.15, 0.2) is 5.57 Å². The number of nitriles is 1. The van der Waals surface area contributed by atoms with Gasteiger partial charge in [0, 0.05) is 12.6 Å². The molecule has 0 aliphatic rings. The van der Waals surface area contributed by atoms with Crippen molar-refractivity contribution < 1.29 is 14.3 Å². The van der Waals surface area contributed by atoms with Gasteiger partial charge in [-0.15, -0.1) is 0 Å². The summed E-state index contributed by atoms with van der Waals surface area (Å²) in [4.78, 5) is 28.1. The number of ether oxygens (including phenoxy) is 1. The van der Waals surface area contributed by atoms with Crippen LogP contribution >= 0.6 is 0 Å². The molecule has 0 radical (unpaired) electrons. The molecule has 25 heavy (non-hydrogen) atoms. The average Bonchev–Trinajstić information content (AvgIpc) is 2.96. The fourth-order valence-electron chi connectivity index (χ4n) is 2.29. The number of aromatic nitrogens is 2. The number of fused-ring (bicyclic) bond motifs is 1. The maximum Gasteiger partial charge on any atom is 0.350 e. The van der Waals surface area contributed by atoms with Gasteiger partial charge in [-0.1, -0.05) is 19.1 Å². The Morgan fingerprint density at radius 2 is 2.12 bits per heavy atom. The van der Waals surface area contributed by atoms with Gasteiger partial charge >= 0.3 is 5.97 Å². The maximum absolute atomic E-state index is 12.1. The molecule has 2 N–H and O–H groups in total. The van der Waals surface area contributed by atoms with E-state index in [2.05, 4.69) is 15.8 Å². The average molecular weight is 341 g/mol. The number of imidazole rings is 1. The molecule has 2 aromatic rings. The number of nitrogens with zero attached hydrogens (tertiary/aromatic N) is 3. The molecule has 1 heterocycles. The van der Waals surface area contributed by atoms with Gasteiger partial charge in [-0.2, -0.15) is 5.26 Å². The van der Waals surface area contributed by atoms with Gasteiger partial charge in [0.05, 0.1) is 17.6 Å². The van der Waals surface area contributed by atoms with Crippen LogP contribution in [0.15, 0.2) is 36.0 Å². The van der Waals surface area contributed by atoms with Crippen LogP contribution in [-0.4, -0.2) is 28.0 Å². The molecule has 1 aromatic heterocycles. The summed E-state index contributed by atoms with van der Waals surface area (Å²) in [6.07, 6.45) is 1.79. The monoisotopic (exact) mass is 341 g/mol. The van der Waals surface area contributed by atoms with Crippen molar-refractivity contribution in [3.63, 3.8) is 0 Å². The number of aryl methyl sites for hydroxylation is 1. The van der Waals surface area contributed by atoms with Gasteiger partial charge in [0.2, 0.25) is 0 Å². The first kappa shape index (κ1) is 18.0. The van der Waals surface area contributed by atoms with E-state index in [-0.39, 0.29) is 24.6 Å². The quantitative estimate of drug-likeness (QED) is 0.339. The van der Waals surface area contributed by atoms with E-state index in [1.165, 1.54) is 0 Å². The van der Waals surface area contributed by atoms with Crippen LogP contribution in [0.1, 0.15) is 19.7 Å². The zero-order chi connectivity index (χ0) is 18.2. The molecule has 0 saturated heterocycles. The summed E-state index contributed by atoms with van der Waals surface area (Å²) in [5.74, 6) is -0.285. The van der Waals surface area contributed by atoms with Crippen molar-refractivity contribution in [2.24, 2.45) is 0 Å². The Morgan fingerprint density at radius 1 is 1.36 bits per heavy atom. The van der Waals surface area contributed by atoms with E-state index in [1.807, 2.05) is 35.8 Å². The number of para-hydroxylation sites is 2. The molecule has 8 nitrogen and oxygen atoms in total. The smallest absolute Gasteiger partial charge is 0.350 e. The lowest BCUT2D eigenvalue weighted by molar-refractivity contribution is -0.138. The second-order valence-corrected chi connectivity index (χ2v) is 5.04. The second-order valence-electron chi connectivity index (χ2n) is 5.04. The molecule has 0 unspecified atom stereocenters. The van der Waals surface area contributed by atoms with Crippen LogP contribution in [0.4, 0.5) is 0 Å². The standard InChI is InChI=1S/C17H19N5O3/c1-3-15-20-13-7-5-6-8-14(13)22(15)11-16(23)21-19-10-12(9-18)17(24)25-4-2/h5-8,10,19H,3-4,11H2,1-2H3,(H,21,23)/b12-10+. The highest BCUT2D eigenvalue weighted by Gasteiger charge is 2.12. The molecule has 0 bridgehead atoms. The number of carbonyl (C=O) groups is 2. The Labute approximate surface area is 145 Å². The van der Waals surface area contributed by atoms with Gasteiger partial charge in [0.1, 0.15) is 18.4 Å². The first-order chi connectivity index (χ1) is 12.1. The Hall–Kier alpha value is -3.34. The molecule has 8 heteroatoms. The topological polar surface area (TPSA) is 109 Å². The third kappa shape index (κ3) is 4.35. The molecular weight excluding hydrogens is 322 g/mol. The summed E-state index contributed by atoms with van der Waals surface area (Å²) >= 11 is 0. The number of benzene rings is 1. The number of hydrogen-bond donors (Lipinski definition) is 2. The number of esters is 1. The number of hydrazine groups is 1. The molecule has 130 valence electrons. The number of rotatable bonds is 7. The summed E-state index contributed by atoms with van der Waals surface area (Å²) in [6, 6.07) is 9.28. The number of nitrogens with one attached hydrogen (secondary N) is 2. The zero-order valence-electron chi connectivity index (χ0n) is 14.1. The third-order valence-corrected chi connectivity index (χ3v) is 3.40. The van der Waals surface area contributed by atoms with Crippen molar-refractivity contribution >= 4 is 22.9 Å². The molecule has 0 atom stereocenters. The van der Waals surface area contributed by atoms with Crippen LogP contribution in [0.25, 0.3) is 11.0 Å². The van der Waals surface area contributed by atoms with Crippen molar-refractivity contribution in [3.05, 3.63) is 41.9 Å². The first-order valence-corrected chi connectivity index (χ1v) is 7.86. The summed E-state index contributed by atoms with van der Waals surface area (Å²) in [5, 5.41) is 8.90. The lowest BCUT2D eigenvalue weighted by Gasteiger charge is -2.09. The van der Waals surface area contributed by atoms with Crippen LogP contribution in [0, 0.1) is 11.3 Å². The van der Waals surface area contributed by atoms with Crippen molar-refractivity contribution in [1.82, 2.24) is 20.4 Å². The highest BCUT2D eigenvalue weighted by atomic mass is 16.5. The second kappa shape index (κ2) is 8.49. The molecule has 0 spiro atoms. The summed E-state index contributed by atoms with van der Waals surface area (Å²) in [6.45, 7) is 3.83. The summed E-state index contributed by atoms with van der Waals surface area (Å²) < 4.78 is 6.55. The van der Waals surface area contributed by atoms with E-state index in [1.54, 1.807) is 13.0 Å². The Kier molecular flexibility index (Phi) is 6.12. The third-order valence-electron chi connectivity index (χ3n) is 3.40. The Morgan fingerprint density at radius 3 is 2.80 bits per heavy atom. The first-order valence-electron chi connectivity index (χ1n) is 7.86. The molecular formula is C17H19N5O3. The lowest BCUT2D eigenvalue weighted by atomic mass is 10.3. The molecule has 0 aliphatic carbocycles. The maximum atomic E-state index is 12.1. The molecule has 0 fully saturated rings. The molecule has 0 saturated carbocycles. The van der Waals surface area contributed by atoms with Gasteiger partial charge in [-0.05, 0) is 19.1 Å². The lowest BCUT2D eigenvalue weighted by Crippen LogP contribution is -2.37. The van der Waals surface area contributed by atoms with E-state index in [0.29, 0.717) is 6.42 Å². The normalized spacial score (nSPS) is 11.0. The predicted molar refractivity (Wildman–Crippen MR) is 90.7 cm³/mol. The SMILES string of the molecule is CCOC(=O)/C(C#N)=C/NNC(=O)Cn1c(CC)nc2ccccc21. The minimum Gasteiger partial charge on any atom is -0.462 e. The van der Waals surface area contributed by atoms with Crippen molar-refractivity contribution in [2.75, 3.05) is 6.61 Å². The van der Waals surface area contributed by atoms with Crippen LogP contribution in [0.5, 0.6) is 0 Å². The summed E-state index contributed by atoms with van der Waals surface area (Å²) in [5.41, 5.74) is 6.35. The fourth-order valence-corrected chi connectivity index (χ4v) is 2.29. The minimum atomic E-state index is -0.749. The Balaban J connectivity index is 2.04. The van der Waals surface area contributed by atoms with E-state index in [0.717, 1.165) is 23.1 Å². The van der Waals surface area contributed by atoms with Crippen LogP contribution < -0.4 is 10.9 Å². The Bertz CT molecular complexity index is 848. The van der Waals surface area contributed by atoms with E-state index < -0.39 is 5.97 Å². The van der Waals surface area contributed by atoms with Gasteiger partial charge in [-0.25, -0.2) is 9.78 Å². The largest absolute Gasteiger partial charge is 0.462 e. The molecule has 1 aromatic carbocycles. The number of hydrogen-bond acceptors (Lipinski definition) is 6. The number of amides is 1. The van der Waals surface area contributed by atoms with E-state index >= 15 is 0 Å². The van der Waals surface area contributed by atoms with Crippen molar-refractivity contribution in [3.8, 4) is 6.07 Å². The summed E-state index contributed by atoms with van der Waals surface area (Å²) in [7, 11) is 0. The van der Waals surface area contributed by atoms with Gasteiger partial charge in [-0.3, -0.25) is 10.2 Å². The van der Waals surface area contributed by atoms with Crippen LogP contribution in [0.2, 0.25) is 0 Å². The van der Waals surface area contributed by atoms with E-state index in [9.17, 15) is 9.59 Å². The van der Waals surface area contributed by atoms with Gasteiger partial charge < -0.3 is 14.7 Å². The van der Waals surface area contributed by atoms with Crippen LogP contribution in [0.3, 0.4) is 0 Å². The highest BCUT2D eigenvalue weighted by Crippen LogP contribution is 2.16.